The van der Waals surface area contributed by atoms with Crippen molar-refractivity contribution in [1.82, 2.24) is 0 Å². The van der Waals surface area contributed by atoms with Crippen LogP contribution in [0.25, 0.3) is 0 Å². The normalized spacial score (nSPS) is 13.2. The predicted molar refractivity (Wildman–Crippen MR) is 56.4 cm³/mol. The third-order valence-corrected chi connectivity index (χ3v) is 1.84. The molecular weight excluding hydrogens is 180 g/mol. The summed E-state index contributed by atoms with van der Waals surface area (Å²) >= 11 is 0. The van der Waals surface area contributed by atoms with Crippen molar-refractivity contribution in [1.29, 1.82) is 0 Å². The van der Waals surface area contributed by atoms with Gasteiger partial charge in [0.15, 0.2) is 5.78 Å². The van der Waals surface area contributed by atoms with Crippen LogP contribution >= 0.6 is 0 Å². The Balaban J connectivity index is 3.88. The van der Waals surface area contributed by atoms with Gasteiger partial charge in [-0.05, 0) is 27.2 Å². The molecule has 1 atom stereocenters. The molecule has 3 heteroatoms. The van der Waals surface area contributed by atoms with Crippen molar-refractivity contribution in [2.45, 2.75) is 52.7 Å². The van der Waals surface area contributed by atoms with Crippen molar-refractivity contribution in [3.8, 4) is 0 Å². The summed E-state index contributed by atoms with van der Waals surface area (Å²) in [6, 6.07) is 0. The fraction of sp³-hybridized carbons (Fsp3) is 0.909. The van der Waals surface area contributed by atoms with Gasteiger partial charge in [-0.2, -0.15) is 0 Å². The summed E-state index contributed by atoms with van der Waals surface area (Å²) in [4.78, 5) is 11.6. The fourth-order valence-corrected chi connectivity index (χ4v) is 1.14. The lowest BCUT2D eigenvalue weighted by atomic mass is 10.1. The topological polar surface area (TPSA) is 35.5 Å². The van der Waals surface area contributed by atoms with Gasteiger partial charge < -0.3 is 9.47 Å². The highest BCUT2D eigenvalue weighted by molar-refractivity contribution is 5.84. The van der Waals surface area contributed by atoms with Gasteiger partial charge in [-0.15, -0.1) is 0 Å². The average Bonchev–Trinajstić information content (AvgIpc) is 2.14. The van der Waals surface area contributed by atoms with E-state index >= 15 is 0 Å². The van der Waals surface area contributed by atoms with Gasteiger partial charge in [0.2, 0.25) is 0 Å². The van der Waals surface area contributed by atoms with Crippen molar-refractivity contribution in [3.63, 3.8) is 0 Å². The molecule has 84 valence electrons. The number of rotatable bonds is 8. The van der Waals surface area contributed by atoms with Crippen LogP contribution in [0, 0.1) is 0 Å². The third-order valence-electron chi connectivity index (χ3n) is 1.84. The van der Waals surface area contributed by atoms with Gasteiger partial charge >= 0.3 is 0 Å². The van der Waals surface area contributed by atoms with E-state index < -0.39 is 0 Å². The van der Waals surface area contributed by atoms with Crippen LogP contribution in [0.2, 0.25) is 0 Å². The van der Waals surface area contributed by atoms with E-state index in [4.69, 9.17) is 9.47 Å². The highest BCUT2D eigenvalue weighted by atomic mass is 16.5. The largest absolute Gasteiger partial charge is 0.371 e. The minimum absolute atomic E-state index is 0.0578. The van der Waals surface area contributed by atoms with E-state index in [2.05, 4.69) is 0 Å². The van der Waals surface area contributed by atoms with E-state index in [9.17, 15) is 4.79 Å². The van der Waals surface area contributed by atoms with Crippen LogP contribution in [0.15, 0.2) is 0 Å². The van der Waals surface area contributed by atoms with Gasteiger partial charge in [0.25, 0.3) is 0 Å². The molecule has 0 saturated carbocycles. The molecule has 0 radical (unpaired) electrons. The summed E-state index contributed by atoms with van der Waals surface area (Å²) in [5, 5.41) is 0. The molecule has 0 bridgehead atoms. The van der Waals surface area contributed by atoms with E-state index in [1.165, 1.54) is 0 Å². The number of hydrogen-bond donors (Lipinski definition) is 0. The van der Waals surface area contributed by atoms with Gasteiger partial charge in [-0.25, -0.2) is 0 Å². The molecule has 0 heterocycles. The predicted octanol–water partition coefficient (Wildman–Crippen LogP) is 2.19. The molecular formula is C11H22O3. The van der Waals surface area contributed by atoms with Crippen LogP contribution in [-0.4, -0.2) is 31.2 Å². The maximum Gasteiger partial charge on any atom is 0.187 e. The smallest absolute Gasteiger partial charge is 0.187 e. The van der Waals surface area contributed by atoms with Crippen LogP contribution in [0.3, 0.4) is 0 Å². The van der Waals surface area contributed by atoms with Gasteiger partial charge in [0.1, 0.15) is 12.7 Å². The molecule has 0 aliphatic carbocycles. The van der Waals surface area contributed by atoms with Crippen LogP contribution in [0.5, 0.6) is 0 Å². The molecule has 14 heavy (non-hydrogen) atoms. The van der Waals surface area contributed by atoms with Crippen LogP contribution in [-0.2, 0) is 14.3 Å². The van der Waals surface area contributed by atoms with Crippen molar-refractivity contribution in [2.75, 3.05) is 13.2 Å². The summed E-state index contributed by atoms with van der Waals surface area (Å²) in [6.07, 6.45) is 1.57. The summed E-state index contributed by atoms with van der Waals surface area (Å²) in [5.41, 5.74) is 0. The third kappa shape index (κ3) is 6.11. The Bertz CT molecular complexity index is 149. The van der Waals surface area contributed by atoms with E-state index in [0.29, 0.717) is 6.61 Å². The van der Waals surface area contributed by atoms with Gasteiger partial charge in [-0.3, -0.25) is 4.79 Å². The van der Waals surface area contributed by atoms with E-state index in [1.807, 2.05) is 27.7 Å². The van der Waals surface area contributed by atoms with Crippen molar-refractivity contribution in [3.05, 3.63) is 0 Å². The standard InChI is InChI=1S/C11H22O3/c1-5-7-11(13-6-2)10(12)8-14-9(3)4/h9,11H,5-8H2,1-4H3. The molecule has 0 amide bonds. The Labute approximate surface area is 86.8 Å². The lowest BCUT2D eigenvalue weighted by Gasteiger charge is -2.15. The summed E-state index contributed by atoms with van der Waals surface area (Å²) in [6.45, 7) is 8.54. The molecule has 0 fully saturated rings. The highest BCUT2D eigenvalue weighted by Gasteiger charge is 2.17. The highest BCUT2D eigenvalue weighted by Crippen LogP contribution is 2.04. The molecule has 0 N–H and O–H groups in total. The lowest BCUT2D eigenvalue weighted by molar-refractivity contribution is -0.136. The second kappa shape index (κ2) is 7.94. The molecule has 0 spiro atoms. The Morgan fingerprint density at radius 2 is 1.86 bits per heavy atom. The Kier molecular flexibility index (Phi) is 7.71. The molecule has 0 aromatic heterocycles. The minimum Gasteiger partial charge on any atom is -0.371 e. The van der Waals surface area contributed by atoms with Crippen molar-refractivity contribution >= 4 is 5.78 Å². The van der Waals surface area contributed by atoms with Gasteiger partial charge in [0, 0.05) is 6.61 Å². The lowest BCUT2D eigenvalue weighted by Crippen LogP contribution is -2.29. The second-order valence-corrected chi connectivity index (χ2v) is 3.56. The molecule has 3 nitrogen and oxygen atoms in total. The van der Waals surface area contributed by atoms with Crippen LogP contribution in [0.1, 0.15) is 40.5 Å². The zero-order valence-electron chi connectivity index (χ0n) is 9.71. The van der Waals surface area contributed by atoms with Crippen LogP contribution in [0.4, 0.5) is 0 Å². The number of carbonyl (C=O) groups is 1. The zero-order valence-corrected chi connectivity index (χ0v) is 9.71. The minimum atomic E-state index is -0.274. The van der Waals surface area contributed by atoms with Gasteiger partial charge in [-0.1, -0.05) is 13.3 Å². The molecule has 0 rings (SSSR count). The molecule has 0 aromatic carbocycles. The quantitative estimate of drug-likeness (QED) is 0.605. The first-order valence-electron chi connectivity index (χ1n) is 5.37. The number of hydrogen-bond acceptors (Lipinski definition) is 3. The molecule has 0 saturated heterocycles. The van der Waals surface area contributed by atoms with Crippen LogP contribution < -0.4 is 0 Å². The number of carbonyl (C=O) groups excluding carboxylic acids is 1. The van der Waals surface area contributed by atoms with E-state index in [1.54, 1.807) is 0 Å². The fourth-order valence-electron chi connectivity index (χ4n) is 1.14. The number of ketones is 1. The number of ether oxygens (including phenoxy) is 2. The maximum absolute atomic E-state index is 11.6. The Morgan fingerprint density at radius 1 is 1.21 bits per heavy atom. The van der Waals surface area contributed by atoms with E-state index in [0.717, 1.165) is 12.8 Å². The van der Waals surface area contributed by atoms with E-state index in [-0.39, 0.29) is 24.6 Å². The summed E-state index contributed by atoms with van der Waals surface area (Å²) in [7, 11) is 0. The maximum atomic E-state index is 11.6. The molecule has 0 aliphatic heterocycles. The first-order valence-corrected chi connectivity index (χ1v) is 5.37. The molecule has 0 aliphatic rings. The number of Topliss-reactive ketones (excluding diaryl/α,β-unsaturated/α-hetero) is 1. The zero-order chi connectivity index (χ0) is 11.0. The Morgan fingerprint density at radius 3 is 2.29 bits per heavy atom. The van der Waals surface area contributed by atoms with Gasteiger partial charge in [0.05, 0.1) is 6.10 Å². The summed E-state index contributed by atoms with van der Waals surface area (Å²) < 4.78 is 10.6. The Hall–Kier alpha value is -0.410. The van der Waals surface area contributed by atoms with Crippen molar-refractivity contribution in [2.24, 2.45) is 0 Å². The monoisotopic (exact) mass is 202 g/mol. The average molecular weight is 202 g/mol. The molecule has 0 aromatic rings. The van der Waals surface area contributed by atoms with Crippen molar-refractivity contribution < 1.29 is 14.3 Å². The first kappa shape index (κ1) is 13.6. The first-order chi connectivity index (χ1) is 6.61. The second-order valence-electron chi connectivity index (χ2n) is 3.56. The summed E-state index contributed by atoms with van der Waals surface area (Å²) in [5.74, 6) is 0.0578. The molecule has 1 unspecified atom stereocenters. The SMILES string of the molecule is CCCC(OCC)C(=O)COC(C)C.